The Morgan fingerprint density at radius 2 is 1.76 bits per heavy atom. The van der Waals surface area contributed by atoms with E-state index in [1.807, 2.05) is 23.6 Å². The summed E-state index contributed by atoms with van der Waals surface area (Å²) in [6, 6.07) is 13.2. The van der Waals surface area contributed by atoms with Crippen molar-refractivity contribution in [1.82, 2.24) is 9.80 Å². The van der Waals surface area contributed by atoms with Crippen molar-refractivity contribution in [2.45, 2.75) is 13.1 Å². The standard InChI is InChI=1S/C26H24N2O5S/c29-21-5-4-19-25(30)24(13-18-2-1-11-34-18)33-26(19)20(21)15-28-9-7-27(8-10-28)14-17-3-6-22-23(12-17)32-16-31-22/h1-6,11-13,29H,7-10,14-16H2/b24-13-. The minimum Gasteiger partial charge on any atom is -0.507 e. The summed E-state index contributed by atoms with van der Waals surface area (Å²) in [5.74, 6) is 2.42. The molecule has 0 bridgehead atoms. The predicted molar refractivity (Wildman–Crippen MR) is 128 cm³/mol. The van der Waals surface area contributed by atoms with Gasteiger partial charge in [-0.1, -0.05) is 12.1 Å². The Balaban J connectivity index is 1.12. The minimum absolute atomic E-state index is 0.141. The van der Waals surface area contributed by atoms with E-state index in [-0.39, 0.29) is 18.3 Å². The van der Waals surface area contributed by atoms with Gasteiger partial charge in [0.25, 0.3) is 0 Å². The molecule has 3 aliphatic heterocycles. The van der Waals surface area contributed by atoms with Crippen molar-refractivity contribution < 1.29 is 24.1 Å². The van der Waals surface area contributed by atoms with Gasteiger partial charge in [-0.3, -0.25) is 14.6 Å². The van der Waals surface area contributed by atoms with Crippen molar-refractivity contribution >= 4 is 23.2 Å². The highest BCUT2D eigenvalue weighted by Gasteiger charge is 2.32. The van der Waals surface area contributed by atoms with Crippen LogP contribution < -0.4 is 14.2 Å². The first-order chi connectivity index (χ1) is 16.6. The monoisotopic (exact) mass is 476 g/mol. The number of nitrogens with zero attached hydrogens (tertiary/aromatic N) is 2. The number of allylic oxidation sites excluding steroid dienone is 1. The number of Topliss-reactive ketones (excluding diaryl/α,β-unsaturated/α-hetero) is 1. The normalized spacial score (nSPS) is 18.9. The molecule has 3 aliphatic rings. The first kappa shape index (κ1) is 21.2. The number of ketones is 1. The van der Waals surface area contributed by atoms with Crippen LogP contribution in [0.1, 0.15) is 26.4 Å². The molecule has 0 spiro atoms. The van der Waals surface area contributed by atoms with Crippen LogP contribution in [0.2, 0.25) is 0 Å². The highest BCUT2D eigenvalue weighted by Crippen LogP contribution is 2.40. The van der Waals surface area contributed by atoms with Crippen LogP contribution in [0.15, 0.2) is 53.6 Å². The number of phenols is 1. The van der Waals surface area contributed by atoms with E-state index in [1.165, 1.54) is 5.56 Å². The van der Waals surface area contributed by atoms with E-state index in [1.54, 1.807) is 29.5 Å². The number of hydrogen-bond donors (Lipinski definition) is 1. The van der Waals surface area contributed by atoms with Crippen LogP contribution in [0.4, 0.5) is 0 Å². The van der Waals surface area contributed by atoms with Gasteiger partial charge in [-0.25, -0.2) is 0 Å². The van der Waals surface area contributed by atoms with Gasteiger partial charge in [-0.2, -0.15) is 0 Å². The zero-order valence-electron chi connectivity index (χ0n) is 18.5. The SMILES string of the molecule is O=C1/C(=C/c2cccs2)Oc2c1ccc(O)c2CN1CCN(Cc2ccc3c(c2)OCO3)CC1. The lowest BCUT2D eigenvalue weighted by atomic mass is 10.0. The molecule has 2 aromatic carbocycles. The third-order valence-electron chi connectivity index (χ3n) is 6.42. The summed E-state index contributed by atoms with van der Waals surface area (Å²) >= 11 is 1.55. The van der Waals surface area contributed by atoms with Crippen molar-refractivity contribution in [2.24, 2.45) is 0 Å². The molecule has 0 atom stereocenters. The van der Waals surface area contributed by atoms with Crippen LogP contribution in [0.3, 0.4) is 0 Å². The average Bonchev–Trinajstić information content (AvgIpc) is 3.59. The molecule has 7 nitrogen and oxygen atoms in total. The summed E-state index contributed by atoms with van der Waals surface area (Å²) in [7, 11) is 0. The Bertz CT molecular complexity index is 1260. The zero-order chi connectivity index (χ0) is 23.1. The van der Waals surface area contributed by atoms with Crippen molar-refractivity contribution in [2.75, 3.05) is 33.0 Å². The van der Waals surface area contributed by atoms with Crippen LogP contribution >= 0.6 is 11.3 Å². The second-order valence-corrected chi connectivity index (χ2v) is 9.61. The van der Waals surface area contributed by atoms with Crippen molar-refractivity contribution in [3.8, 4) is 23.0 Å². The molecule has 0 saturated carbocycles. The average molecular weight is 477 g/mol. The molecule has 1 saturated heterocycles. The van der Waals surface area contributed by atoms with Crippen LogP contribution in [0.5, 0.6) is 23.0 Å². The Kier molecular flexibility index (Phi) is 5.49. The van der Waals surface area contributed by atoms with E-state index in [0.29, 0.717) is 29.2 Å². The molecule has 174 valence electrons. The molecule has 0 radical (unpaired) electrons. The highest BCUT2D eigenvalue weighted by molar-refractivity contribution is 7.10. The molecule has 1 fully saturated rings. The molecule has 6 rings (SSSR count). The van der Waals surface area contributed by atoms with E-state index in [2.05, 4.69) is 21.9 Å². The summed E-state index contributed by atoms with van der Waals surface area (Å²) in [5.41, 5.74) is 2.38. The van der Waals surface area contributed by atoms with E-state index < -0.39 is 0 Å². The van der Waals surface area contributed by atoms with E-state index in [0.717, 1.165) is 49.1 Å². The number of carbonyl (C=O) groups is 1. The van der Waals surface area contributed by atoms with Crippen molar-refractivity contribution in [3.05, 3.63) is 75.2 Å². The molecule has 0 unspecified atom stereocenters. The molecule has 34 heavy (non-hydrogen) atoms. The maximum Gasteiger partial charge on any atom is 0.232 e. The minimum atomic E-state index is -0.141. The Hall–Kier alpha value is -3.33. The van der Waals surface area contributed by atoms with Gasteiger partial charge in [-0.05, 0) is 41.3 Å². The third-order valence-corrected chi connectivity index (χ3v) is 7.24. The topological polar surface area (TPSA) is 71.5 Å². The summed E-state index contributed by atoms with van der Waals surface area (Å²) in [5, 5.41) is 12.6. The van der Waals surface area contributed by atoms with E-state index in [9.17, 15) is 9.90 Å². The zero-order valence-corrected chi connectivity index (χ0v) is 19.3. The number of hydrogen-bond acceptors (Lipinski definition) is 8. The molecular formula is C26H24N2O5S. The van der Waals surface area contributed by atoms with Crippen molar-refractivity contribution in [3.63, 3.8) is 0 Å². The number of aromatic hydroxyl groups is 1. The number of fused-ring (bicyclic) bond motifs is 2. The summed E-state index contributed by atoms with van der Waals surface area (Å²) < 4.78 is 16.9. The maximum absolute atomic E-state index is 12.9. The fourth-order valence-electron chi connectivity index (χ4n) is 4.58. The van der Waals surface area contributed by atoms with Crippen LogP contribution in [-0.2, 0) is 13.1 Å². The fourth-order valence-corrected chi connectivity index (χ4v) is 5.23. The summed E-state index contributed by atoms with van der Waals surface area (Å²) in [6.07, 6.45) is 1.77. The van der Waals surface area contributed by atoms with Gasteiger partial charge in [0.1, 0.15) is 11.5 Å². The lowest BCUT2D eigenvalue weighted by Crippen LogP contribution is -2.45. The number of benzene rings is 2. The third kappa shape index (κ3) is 4.04. The number of rotatable bonds is 5. The Labute approximate surface area is 201 Å². The number of carbonyl (C=O) groups excluding carboxylic acids is 1. The number of phenolic OH excluding ortho intramolecular Hbond substituents is 1. The summed E-state index contributed by atoms with van der Waals surface area (Å²) in [4.78, 5) is 18.5. The molecule has 4 heterocycles. The molecule has 1 N–H and O–H groups in total. The van der Waals surface area contributed by atoms with E-state index in [4.69, 9.17) is 14.2 Å². The largest absolute Gasteiger partial charge is 0.507 e. The van der Waals surface area contributed by atoms with Crippen LogP contribution in [0.25, 0.3) is 6.08 Å². The molecule has 0 aliphatic carbocycles. The lowest BCUT2D eigenvalue weighted by molar-refractivity contribution is 0.101. The molecule has 3 aromatic rings. The number of piperazine rings is 1. The Morgan fingerprint density at radius 1 is 0.971 bits per heavy atom. The highest BCUT2D eigenvalue weighted by atomic mass is 32.1. The lowest BCUT2D eigenvalue weighted by Gasteiger charge is -2.35. The fraction of sp³-hybridized carbons (Fsp3) is 0.269. The second-order valence-electron chi connectivity index (χ2n) is 8.64. The summed E-state index contributed by atoms with van der Waals surface area (Å²) in [6.45, 7) is 5.21. The second kappa shape index (κ2) is 8.79. The van der Waals surface area contributed by atoms with Gasteiger partial charge in [0.15, 0.2) is 17.3 Å². The molecule has 8 heteroatoms. The van der Waals surface area contributed by atoms with E-state index >= 15 is 0 Å². The molecular weight excluding hydrogens is 452 g/mol. The number of thiophene rings is 1. The van der Waals surface area contributed by atoms with Gasteiger partial charge in [0.05, 0.1) is 11.1 Å². The predicted octanol–water partition coefficient (Wildman–Crippen LogP) is 4.12. The van der Waals surface area contributed by atoms with Crippen molar-refractivity contribution in [1.29, 1.82) is 0 Å². The van der Waals surface area contributed by atoms with Gasteiger partial charge in [-0.15, -0.1) is 11.3 Å². The van der Waals surface area contributed by atoms with Crippen LogP contribution in [0, 0.1) is 0 Å². The van der Waals surface area contributed by atoms with Gasteiger partial charge in [0.2, 0.25) is 12.6 Å². The van der Waals surface area contributed by atoms with Crippen LogP contribution in [-0.4, -0.2) is 53.7 Å². The number of ether oxygens (including phenoxy) is 3. The smallest absolute Gasteiger partial charge is 0.232 e. The van der Waals surface area contributed by atoms with Gasteiger partial charge >= 0.3 is 0 Å². The molecule has 0 amide bonds. The first-order valence-corrected chi connectivity index (χ1v) is 12.2. The Morgan fingerprint density at radius 3 is 2.56 bits per heavy atom. The van der Waals surface area contributed by atoms with Gasteiger partial charge in [0, 0.05) is 50.2 Å². The van der Waals surface area contributed by atoms with Gasteiger partial charge < -0.3 is 19.3 Å². The quantitative estimate of drug-likeness (QED) is 0.556. The first-order valence-electron chi connectivity index (χ1n) is 11.3. The molecule has 1 aromatic heterocycles. The maximum atomic E-state index is 12.9.